The van der Waals surface area contributed by atoms with Crippen molar-refractivity contribution in [3.8, 4) is 0 Å². The summed E-state index contributed by atoms with van der Waals surface area (Å²) in [5.41, 5.74) is 0. The summed E-state index contributed by atoms with van der Waals surface area (Å²) < 4.78 is 64.8. The van der Waals surface area contributed by atoms with Crippen LogP contribution in [0.15, 0.2) is 0 Å². The molecule has 1 N–H and O–H groups in total. The average Bonchev–Trinajstić information content (AvgIpc) is 3.02. The highest BCUT2D eigenvalue weighted by atomic mass is 16.6. The summed E-state index contributed by atoms with van der Waals surface area (Å²) >= 11 is 0. The number of carbonyl (C=O) groups is 2. The molecule has 0 radical (unpaired) electrons. The number of aldehydes is 1. The van der Waals surface area contributed by atoms with Gasteiger partial charge in [-0.3, -0.25) is 4.79 Å². The predicted octanol–water partition coefficient (Wildman–Crippen LogP) is -0.0893. The molecule has 0 saturated heterocycles. The van der Waals surface area contributed by atoms with Crippen LogP contribution in [-0.4, -0.2) is 177 Å². The van der Waals surface area contributed by atoms with Crippen molar-refractivity contribution < 1.29 is 66.4 Å². The Hall–Kier alpha value is -1.34. The summed E-state index contributed by atoms with van der Waals surface area (Å²) in [5.74, 6) is -0.0638. The second-order valence-corrected chi connectivity index (χ2v) is 8.79. The van der Waals surface area contributed by atoms with Gasteiger partial charge in [0.15, 0.2) is 0 Å². The molecular weight excluding hydrogens is 586 g/mol. The van der Waals surface area contributed by atoms with Crippen LogP contribution in [0.5, 0.6) is 0 Å². The summed E-state index contributed by atoms with van der Waals surface area (Å²) in [6.45, 7) is 13.7. The maximum absolute atomic E-state index is 10.7. The van der Waals surface area contributed by atoms with Gasteiger partial charge in [0, 0.05) is 19.9 Å². The van der Waals surface area contributed by atoms with Gasteiger partial charge in [-0.1, -0.05) is 0 Å². The van der Waals surface area contributed by atoms with E-state index >= 15 is 0 Å². The molecule has 44 heavy (non-hydrogen) atoms. The molecule has 15 nitrogen and oxygen atoms in total. The molecule has 1 amide bonds. The number of amides is 1. The first-order chi connectivity index (χ1) is 21.8. The average molecular weight is 644 g/mol. The zero-order valence-electron chi connectivity index (χ0n) is 26.7. The molecule has 0 aromatic heterocycles. The Labute approximate surface area is 262 Å². The van der Waals surface area contributed by atoms with Gasteiger partial charge in [-0.25, -0.2) is 0 Å². The number of carbonyl (C=O) groups excluding carboxylic acids is 2. The van der Waals surface area contributed by atoms with Crippen molar-refractivity contribution in [2.75, 3.05) is 165 Å². The van der Waals surface area contributed by atoms with Crippen molar-refractivity contribution >= 4 is 12.2 Å². The van der Waals surface area contributed by atoms with Crippen molar-refractivity contribution in [2.24, 2.45) is 0 Å². The third-order valence-corrected chi connectivity index (χ3v) is 5.09. The monoisotopic (exact) mass is 643 g/mol. The van der Waals surface area contributed by atoms with Crippen LogP contribution in [0.3, 0.4) is 0 Å². The maximum Gasteiger partial charge on any atom is 0.216 e. The molecule has 0 rings (SSSR count). The van der Waals surface area contributed by atoms with Gasteiger partial charge in [0.2, 0.25) is 5.91 Å². The fraction of sp³-hybridized carbons (Fsp3) is 0.931. The van der Waals surface area contributed by atoms with Crippen molar-refractivity contribution in [1.29, 1.82) is 0 Å². The minimum absolute atomic E-state index is 0.0638. The van der Waals surface area contributed by atoms with Gasteiger partial charge >= 0.3 is 0 Å². The van der Waals surface area contributed by atoms with Gasteiger partial charge in [-0.05, 0) is 0 Å². The summed E-state index contributed by atoms with van der Waals surface area (Å²) in [6.07, 6.45) is 1.24. The van der Waals surface area contributed by atoms with Crippen LogP contribution < -0.4 is 5.32 Å². The summed E-state index contributed by atoms with van der Waals surface area (Å²) in [5, 5.41) is 2.65. The van der Waals surface area contributed by atoms with E-state index in [0.717, 1.165) is 6.29 Å². The number of hydrogen-bond donors (Lipinski definition) is 1. The Morgan fingerprint density at radius 1 is 0.386 bits per heavy atom. The number of hydrogen-bond acceptors (Lipinski definition) is 14. The van der Waals surface area contributed by atoms with Crippen LogP contribution in [0, 0.1) is 0 Å². The lowest BCUT2D eigenvalue weighted by molar-refractivity contribution is -0.119. The molecule has 0 aliphatic heterocycles. The van der Waals surface area contributed by atoms with E-state index in [1.165, 1.54) is 6.92 Å². The molecule has 0 aromatic carbocycles. The zero-order chi connectivity index (χ0) is 31.9. The Morgan fingerprint density at radius 3 is 0.795 bits per heavy atom. The first kappa shape index (κ1) is 42.7. The van der Waals surface area contributed by atoms with Crippen molar-refractivity contribution in [2.45, 2.75) is 13.3 Å². The van der Waals surface area contributed by atoms with Crippen LogP contribution in [0.4, 0.5) is 0 Å². The molecule has 0 fully saturated rings. The Kier molecular flexibility index (Phi) is 38.5. The highest BCUT2D eigenvalue weighted by Crippen LogP contribution is 1.87. The van der Waals surface area contributed by atoms with E-state index in [1.807, 2.05) is 0 Å². The molecule has 0 aliphatic rings. The van der Waals surface area contributed by atoms with E-state index in [2.05, 4.69) is 5.32 Å². The van der Waals surface area contributed by atoms with E-state index in [1.54, 1.807) is 0 Å². The Balaban J connectivity index is 3.04. The molecule has 0 saturated carbocycles. The minimum atomic E-state index is -0.0638. The third kappa shape index (κ3) is 40.7. The predicted molar refractivity (Wildman–Crippen MR) is 159 cm³/mol. The molecule has 0 atom stereocenters. The highest BCUT2D eigenvalue weighted by Gasteiger charge is 1.97. The number of ether oxygens (including phenoxy) is 12. The van der Waals surface area contributed by atoms with Crippen LogP contribution in [0.2, 0.25) is 0 Å². The highest BCUT2D eigenvalue weighted by molar-refractivity contribution is 5.72. The van der Waals surface area contributed by atoms with E-state index < -0.39 is 0 Å². The molecule has 0 aliphatic carbocycles. The van der Waals surface area contributed by atoms with E-state index in [0.29, 0.717) is 172 Å². The van der Waals surface area contributed by atoms with Gasteiger partial charge in [0.25, 0.3) is 0 Å². The zero-order valence-corrected chi connectivity index (χ0v) is 26.7. The lowest BCUT2D eigenvalue weighted by atomic mass is 10.5. The fourth-order valence-corrected chi connectivity index (χ4v) is 2.95. The molecule has 0 spiro atoms. The van der Waals surface area contributed by atoms with Gasteiger partial charge in [-0.2, -0.15) is 0 Å². The van der Waals surface area contributed by atoms with E-state index in [4.69, 9.17) is 56.8 Å². The SMILES string of the molecule is CC(=O)NCCOCCOCCOCCOCCOCCOCCOCCOCCOCCOCCOCCOCCC=O. The summed E-state index contributed by atoms with van der Waals surface area (Å²) in [6, 6.07) is 0. The fourth-order valence-electron chi connectivity index (χ4n) is 2.95. The minimum Gasteiger partial charge on any atom is -0.379 e. The molecule has 262 valence electrons. The van der Waals surface area contributed by atoms with Crippen molar-refractivity contribution in [3.63, 3.8) is 0 Å². The normalized spacial score (nSPS) is 11.3. The molecule has 0 heterocycles. The molecule has 0 bridgehead atoms. The van der Waals surface area contributed by atoms with Gasteiger partial charge in [0.05, 0.1) is 159 Å². The van der Waals surface area contributed by atoms with Gasteiger partial charge in [-0.15, -0.1) is 0 Å². The lowest BCUT2D eigenvalue weighted by Gasteiger charge is -2.09. The van der Waals surface area contributed by atoms with E-state index in [-0.39, 0.29) is 5.91 Å². The van der Waals surface area contributed by atoms with Crippen molar-refractivity contribution in [3.05, 3.63) is 0 Å². The number of rotatable bonds is 39. The van der Waals surface area contributed by atoms with Crippen LogP contribution >= 0.6 is 0 Å². The van der Waals surface area contributed by atoms with Crippen LogP contribution in [-0.2, 0) is 66.4 Å². The maximum atomic E-state index is 10.7. The second-order valence-electron chi connectivity index (χ2n) is 8.79. The first-order valence-electron chi connectivity index (χ1n) is 15.4. The summed E-state index contributed by atoms with van der Waals surface area (Å²) in [7, 11) is 0. The summed E-state index contributed by atoms with van der Waals surface area (Å²) in [4.78, 5) is 20.8. The molecular formula is C29H57NO14. The van der Waals surface area contributed by atoms with E-state index in [9.17, 15) is 9.59 Å². The molecule has 0 unspecified atom stereocenters. The van der Waals surface area contributed by atoms with Gasteiger partial charge in [0.1, 0.15) is 6.29 Å². The Morgan fingerprint density at radius 2 is 0.591 bits per heavy atom. The molecule has 0 aromatic rings. The van der Waals surface area contributed by atoms with Crippen LogP contribution in [0.25, 0.3) is 0 Å². The largest absolute Gasteiger partial charge is 0.379 e. The van der Waals surface area contributed by atoms with Crippen LogP contribution in [0.1, 0.15) is 13.3 Å². The second kappa shape index (κ2) is 39.7. The quantitative estimate of drug-likeness (QED) is 0.0700. The Bertz CT molecular complexity index is 576. The van der Waals surface area contributed by atoms with Crippen molar-refractivity contribution in [1.82, 2.24) is 5.32 Å². The standard InChI is InChI=1S/C29H57NO14/c1-29(32)30-3-6-34-8-10-36-12-14-38-16-18-40-20-22-42-24-26-44-28-27-43-25-23-41-21-19-39-17-15-37-13-11-35-9-7-33-5-2-4-31/h4H,2-3,5-28H2,1H3,(H,30,32). The molecule has 15 heteroatoms. The lowest BCUT2D eigenvalue weighted by Crippen LogP contribution is -2.25. The first-order valence-corrected chi connectivity index (χ1v) is 15.4. The number of nitrogens with one attached hydrogen (secondary N) is 1. The van der Waals surface area contributed by atoms with Gasteiger partial charge < -0.3 is 67.0 Å². The topological polar surface area (TPSA) is 157 Å². The smallest absolute Gasteiger partial charge is 0.216 e. The third-order valence-electron chi connectivity index (χ3n) is 5.09.